The molecular weight excluding hydrogens is 264 g/mol. The zero-order valence-electron chi connectivity index (χ0n) is 12.1. The van der Waals surface area contributed by atoms with Gasteiger partial charge in [0, 0.05) is 24.1 Å². The Kier molecular flexibility index (Phi) is 3.25. The number of nitrogen functional groups attached to an aromatic ring is 1. The summed E-state index contributed by atoms with van der Waals surface area (Å²) in [5.74, 6) is 0.938. The van der Waals surface area contributed by atoms with Crippen LogP contribution in [0.5, 0.6) is 0 Å². The first kappa shape index (κ1) is 13.4. The molecule has 0 radical (unpaired) electrons. The molecule has 2 atom stereocenters. The van der Waals surface area contributed by atoms with Gasteiger partial charge in [-0.25, -0.2) is 0 Å². The summed E-state index contributed by atoms with van der Waals surface area (Å²) in [5, 5.41) is 9.84. The molecule has 21 heavy (non-hydrogen) atoms. The Morgan fingerprint density at radius 1 is 1.43 bits per heavy atom. The highest BCUT2D eigenvalue weighted by molar-refractivity contribution is 5.88. The van der Waals surface area contributed by atoms with E-state index in [0.29, 0.717) is 5.82 Å². The van der Waals surface area contributed by atoms with Crippen LogP contribution >= 0.6 is 0 Å². The molecule has 0 aliphatic heterocycles. The Morgan fingerprint density at radius 2 is 2.24 bits per heavy atom. The second kappa shape index (κ2) is 5.09. The molecule has 1 amide bonds. The van der Waals surface area contributed by atoms with Gasteiger partial charge in [-0.05, 0) is 29.7 Å². The minimum Gasteiger partial charge on any atom is -0.382 e. The number of rotatable bonds is 2. The maximum atomic E-state index is 11.2. The van der Waals surface area contributed by atoms with Crippen LogP contribution in [0.3, 0.4) is 0 Å². The molecule has 0 fully saturated rings. The van der Waals surface area contributed by atoms with Gasteiger partial charge in [0.1, 0.15) is 5.82 Å². The Labute approximate surface area is 123 Å². The number of hydrogen-bond donors (Lipinski definition) is 3. The van der Waals surface area contributed by atoms with E-state index in [2.05, 4.69) is 34.6 Å². The maximum Gasteiger partial charge on any atom is 0.221 e. The standard InChI is InChI=1S/C16H18N4O/c1-9-13(6-7-14-15(9)16(17)20-19-14)11-4-3-5-12(8-11)18-10(2)21/h3-9,13H,1-2H3,(H,18,21)(H3,17,19,20). The summed E-state index contributed by atoms with van der Waals surface area (Å²) in [6, 6.07) is 7.92. The lowest BCUT2D eigenvalue weighted by molar-refractivity contribution is -0.114. The van der Waals surface area contributed by atoms with Crippen molar-refractivity contribution in [2.75, 3.05) is 11.1 Å². The number of aromatic nitrogens is 2. The van der Waals surface area contributed by atoms with Crippen LogP contribution in [0.4, 0.5) is 11.5 Å². The number of nitrogens with two attached hydrogens (primary N) is 1. The first-order chi connectivity index (χ1) is 10.1. The zero-order chi connectivity index (χ0) is 15.0. The van der Waals surface area contributed by atoms with E-state index >= 15 is 0 Å². The van der Waals surface area contributed by atoms with E-state index in [1.807, 2.05) is 24.3 Å². The van der Waals surface area contributed by atoms with E-state index in [1.165, 1.54) is 6.92 Å². The molecule has 0 saturated heterocycles. The second-order valence-corrected chi connectivity index (χ2v) is 5.42. The number of carbonyl (C=O) groups is 1. The number of aromatic amines is 1. The fourth-order valence-corrected chi connectivity index (χ4v) is 2.96. The SMILES string of the molecule is CC(=O)Nc1cccc(C2C=Cc3[nH]nc(N)c3C2C)c1. The Bertz CT molecular complexity index is 717. The number of carbonyl (C=O) groups excluding carboxylic acids is 1. The van der Waals surface area contributed by atoms with Crippen molar-refractivity contribution in [2.45, 2.75) is 25.7 Å². The number of nitrogens with one attached hydrogen (secondary N) is 2. The van der Waals surface area contributed by atoms with Gasteiger partial charge in [0.05, 0.1) is 5.69 Å². The zero-order valence-corrected chi connectivity index (χ0v) is 12.1. The monoisotopic (exact) mass is 282 g/mol. The molecule has 0 saturated carbocycles. The summed E-state index contributed by atoms with van der Waals surface area (Å²) in [5.41, 5.74) is 9.96. The van der Waals surface area contributed by atoms with E-state index in [9.17, 15) is 4.79 Å². The Balaban J connectivity index is 1.95. The smallest absolute Gasteiger partial charge is 0.221 e. The number of fused-ring (bicyclic) bond motifs is 1. The first-order valence-corrected chi connectivity index (χ1v) is 6.95. The Morgan fingerprint density at radius 3 is 3.00 bits per heavy atom. The number of anilines is 2. The van der Waals surface area contributed by atoms with E-state index in [0.717, 1.165) is 22.5 Å². The van der Waals surface area contributed by atoms with Gasteiger partial charge in [-0.3, -0.25) is 9.89 Å². The highest BCUT2D eigenvalue weighted by Crippen LogP contribution is 2.41. The van der Waals surface area contributed by atoms with E-state index in [-0.39, 0.29) is 17.7 Å². The van der Waals surface area contributed by atoms with Crippen molar-refractivity contribution in [3.05, 3.63) is 47.2 Å². The summed E-state index contributed by atoms with van der Waals surface area (Å²) in [7, 11) is 0. The number of hydrogen-bond acceptors (Lipinski definition) is 3. The molecule has 5 heteroatoms. The number of allylic oxidation sites excluding steroid dienone is 1. The van der Waals surface area contributed by atoms with E-state index in [4.69, 9.17) is 5.73 Å². The van der Waals surface area contributed by atoms with Gasteiger partial charge in [-0.1, -0.05) is 25.1 Å². The van der Waals surface area contributed by atoms with Crippen molar-refractivity contribution in [1.82, 2.24) is 10.2 Å². The molecular formula is C16H18N4O. The topological polar surface area (TPSA) is 83.8 Å². The van der Waals surface area contributed by atoms with Crippen LogP contribution < -0.4 is 11.1 Å². The quantitative estimate of drug-likeness (QED) is 0.792. The van der Waals surface area contributed by atoms with Gasteiger partial charge in [0.2, 0.25) is 5.91 Å². The van der Waals surface area contributed by atoms with Crippen molar-refractivity contribution in [3.63, 3.8) is 0 Å². The molecule has 1 heterocycles. The predicted molar refractivity (Wildman–Crippen MR) is 83.9 cm³/mol. The van der Waals surface area contributed by atoms with E-state index in [1.54, 1.807) is 0 Å². The van der Waals surface area contributed by atoms with Crippen LogP contribution in [0.2, 0.25) is 0 Å². The average molecular weight is 282 g/mol. The van der Waals surface area contributed by atoms with Gasteiger partial charge in [0.25, 0.3) is 0 Å². The molecule has 1 aromatic heterocycles. The second-order valence-electron chi connectivity index (χ2n) is 5.42. The predicted octanol–water partition coefficient (Wildman–Crippen LogP) is 2.86. The summed E-state index contributed by atoms with van der Waals surface area (Å²) in [6.45, 7) is 3.65. The summed E-state index contributed by atoms with van der Waals surface area (Å²) < 4.78 is 0. The summed E-state index contributed by atoms with van der Waals surface area (Å²) >= 11 is 0. The van der Waals surface area contributed by atoms with Crippen molar-refractivity contribution < 1.29 is 4.79 Å². The lowest BCUT2D eigenvalue weighted by Gasteiger charge is -2.25. The number of nitrogens with zero attached hydrogens (tertiary/aromatic N) is 1. The fraction of sp³-hybridized carbons (Fsp3) is 0.250. The van der Waals surface area contributed by atoms with Gasteiger partial charge in [-0.15, -0.1) is 0 Å². The fourth-order valence-electron chi connectivity index (χ4n) is 2.96. The largest absolute Gasteiger partial charge is 0.382 e. The average Bonchev–Trinajstić information content (AvgIpc) is 2.81. The molecule has 2 unspecified atom stereocenters. The number of benzene rings is 1. The summed E-state index contributed by atoms with van der Waals surface area (Å²) in [6.07, 6.45) is 4.17. The third-order valence-electron chi connectivity index (χ3n) is 3.92. The molecule has 4 N–H and O–H groups in total. The maximum absolute atomic E-state index is 11.2. The third-order valence-corrected chi connectivity index (χ3v) is 3.92. The molecule has 0 spiro atoms. The van der Waals surface area contributed by atoms with Gasteiger partial charge >= 0.3 is 0 Å². The van der Waals surface area contributed by atoms with Crippen LogP contribution in [-0.2, 0) is 4.79 Å². The molecule has 2 aromatic rings. The van der Waals surface area contributed by atoms with Crippen molar-refractivity contribution in [3.8, 4) is 0 Å². The van der Waals surface area contributed by atoms with Crippen LogP contribution in [0, 0.1) is 0 Å². The molecule has 5 nitrogen and oxygen atoms in total. The van der Waals surface area contributed by atoms with Crippen LogP contribution in [-0.4, -0.2) is 16.1 Å². The van der Waals surface area contributed by atoms with Crippen molar-refractivity contribution in [1.29, 1.82) is 0 Å². The molecule has 3 rings (SSSR count). The van der Waals surface area contributed by atoms with Crippen LogP contribution in [0.15, 0.2) is 30.3 Å². The number of H-pyrrole nitrogens is 1. The lowest BCUT2D eigenvalue weighted by Crippen LogP contribution is -2.12. The molecule has 1 aromatic carbocycles. The normalized spacial score (nSPS) is 20.1. The molecule has 0 bridgehead atoms. The molecule has 1 aliphatic rings. The minimum absolute atomic E-state index is 0.0687. The molecule has 108 valence electrons. The third kappa shape index (κ3) is 2.42. The van der Waals surface area contributed by atoms with Gasteiger partial charge in [-0.2, -0.15) is 5.10 Å². The minimum atomic E-state index is -0.0687. The van der Waals surface area contributed by atoms with Crippen molar-refractivity contribution >= 4 is 23.5 Å². The van der Waals surface area contributed by atoms with Crippen LogP contribution in [0.1, 0.15) is 42.5 Å². The summed E-state index contributed by atoms with van der Waals surface area (Å²) in [4.78, 5) is 11.2. The number of amides is 1. The highest BCUT2D eigenvalue weighted by Gasteiger charge is 2.27. The molecule has 1 aliphatic carbocycles. The van der Waals surface area contributed by atoms with Crippen molar-refractivity contribution in [2.24, 2.45) is 0 Å². The van der Waals surface area contributed by atoms with E-state index < -0.39 is 0 Å². The highest BCUT2D eigenvalue weighted by atomic mass is 16.1. The Hall–Kier alpha value is -2.56. The van der Waals surface area contributed by atoms with Gasteiger partial charge in [0.15, 0.2) is 0 Å². The lowest BCUT2D eigenvalue weighted by atomic mass is 9.79. The van der Waals surface area contributed by atoms with Gasteiger partial charge < -0.3 is 11.1 Å². The first-order valence-electron chi connectivity index (χ1n) is 6.95. The van der Waals surface area contributed by atoms with Crippen LogP contribution in [0.25, 0.3) is 6.08 Å².